The highest BCUT2D eigenvalue weighted by molar-refractivity contribution is 5.83. The Kier molecular flexibility index (Phi) is 5.97. The summed E-state index contributed by atoms with van der Waals surface area (Å²) in [5.41, 5.74) is 10.5. The summed E-state index contributed by atoms with van der Waals surface area (Å²) in [5.74, 6) is 0.961. The number of hydrogen-bond donors (Lipinski definition) is 0. The van der Waals surface area contributed by atoms with Gasteiger partial charge in [-0.2, -0.15) is 0 Å². The van der Waals surface area contributed by atoms with Crippen LogP contribution in [0.5, 0.6) is 0 Å². The van der Waals surface area contributed by atoms with Gasteiger partial charge in [-0.3, -0.25) is 4.57 Å². The van der Waals surface area contributed by atoms with E-state index >= 15 is 0 Å². The number of aryl methyl sites for hydroxylation is 1. The molecule has 5 aromatic rings. The zero-order chi connectivity index (χ0) is 23.5. The van der Waals surface area contributed by atoms with E-state index in [1.54, 1.807) is 0 Å². The number of benzene rings is 4. The molecule has 2 heteroatoms. The minimum atomic E-state index is 0.961. The molecule has 0 saturated carbocycles. The topological polar surface area (TPSA) is 17.8 Å². The van der Waals surface area contributed by atoms with Gasteiger partial charge in [0.05, 0.1) is 11.0 Å². The van der Waals surface area contributed by atoms with Gasteiger partial charge >= 0.3 is 0 Å². The zero-order valence-electron chi connectivity index (χ0n) is 19.9. The second kappa shape index (κ2) is 9.36. The predicted octanol–water partition coefficient (Wildman–Crippen LogP) is 8.51. The summed E-state index contributed by atoms with van der Waals surface area (Å²) in [6.07, 6.45) is 4.39. The van der Waals surface area contributed by atoms with Crippen molar-refractivity contribution in [1.29, 1.82) is 0 Å². The van der Waals surface area contributed by atoms with Crippen LogP contribution in [0.15, 0.2) is 115 Å². The molecule has 0 aliphatic heterocycles. The average Bonchev–Trinajstić information content (AvgIpc) is 3.27. The minimum Gasteiger partial charge on any atom is -0.292 e. The molecule has 0 fully saturated rings. The number of nitrogens with zero attached hydrogens (tertiary/aromatic N) is 2. The Balaban J connectivity index is 1.51. The van der Waals surface area contributed by atoms with E-state index in [1.165, 1.54) is 27.8 Å². The molecule has 5 rings (SSSR count). The van der Waals surface area contributed by atoms with Crippen LogP contribution in [0.2, 0.25) is 0 Å². The highest BCUT2D eigenvalue weighted by Gasteiger charge is 2.14. The lowest BCUT2D eigenvalue weighted by Crippen LogP contribution is -1.98. The molecule has 166 valence electrons. The normalized spacial score (nSPS) is 12.3. The largest absolute Gasteiger partial charge is 0.292 e. The maximum Gasteiger partial charge on any atom is 0.145 e. The molecule has 0 amide bonds. The average molecular weight is 441 g/mol. The van der Waals surface area contributed by atoms with Crippen LogP contribution < -0.4 is 0 Å². The van der Waals surface area contributed by atoms with E-state index in [9.17, 15) is 0 Å². The number of rotatable bonds is 5. The third-order valence-electron chi connectivity index (χ3n) is 6.26. The van der Waals surface area contributed by atoms with Crippen molar-refractivity contribution in [2.24, 2.45) is 0 Å². The molecule has 34 heavy (non-hydrogen) atoms. The van der Waals surface area contributed by atoms with Crippen molar-refractivity contribution in [1.82, 2.24) is 9.55 Å². The van der Waals surface area contributed by atoms with Crippen molar-refractivity contribution in [3.05, 3.63) is 132 Å². The third-order valence-corrected chi connectivity index (χ3v) is 6.26. The lowest BCUT2D eigenvalue weighted by molar-refractivity contribution is 1.10. The molecule has 0 bridgehead atoms. The fraction of sp³-hybridized carbons (Fsp3) is 0.0938. The maximum absolute atomic E-state index is 4.97. The van der Waals surface area contributed by atoms with Crippen LogP contribution >= 0.6 is 0 Å². The number of para-hydroxylation sites is 2. The Morgan fingerprint density at radius 3 is 1.91 bits per heavy atom. The Morgan fingerprint density at radius 1 is 0.647 bits per heavy atom. The molecule has 2 nitrogen and oxygen atoms in total. The molecule has 1 aromatic heterocycles. The van der Waals surface area contributed by atoms with Crippen molar-refractivity contribution in [2.75, 3.05) is 0 Å². The van der Waals surface area contributed by atoms with Gasteiger partial charge in [0.1, 0.15) is 5.82 Å². The number of imidazole rings is 1. The van der Waals surface area contributed by atoms with Crippen molar-refractivity contribution in [3.8, 4) is 17.1 Å². The van der Waals surface area contributed by atoms with Crippen LogP contribution in [-0.4, -0.2) is 9.55 Å². The Labute approximate surface area is 201 Å². The molecule has 0 saturated heterocycles. The van der Waals surface area contributed by atoms with Crippen molar-refractivity contribution < 1.29 is 0 Å². The smallest absolute Gasteiger partial charge is 0.145 e. The van der Waals surface area contributed by atoms with Crippen molar-refractivity contribution in [3.63, 3.8) is 0 Å². The molecule has 0 unspecified atom stereocenters. The van der Waals surface area contributed by atoms with Gasteiger partial charge in [-0.15, -0.1) is 0 Å². The molecule has 0 atom stereocenters. The number of allylic oxidation sites excluding steroid dienone is 4. The summed E-state index contributed by atoms with van der Waals surface area (Å²) in [6.45, 7) is 6.42. The number of aromatic nitrogens is 2. The van der Waals surface area contributed by atoms with Crippen LogP contribution in [0.1, 0.15) is 30.5 Å². The first-order valence-corrected chi connectivity index (χ1v) is 11.7. The standard InChI is InChI=1S/C32H28N2/c1-23-13-17-28(18-14-23)32-33-30-11-7-8-12-31(30)34(32)29-21-19-27(20-22-29)25(3)16-15-24(2)26-9-5-4-6-10-26/h4-22H,1-3H3/b24-15+,25-16+. The molecule has 0 radical (unpaired) electrons. The number of fused-ring (bicyclic) bond motifs is 1. The zero-order valence-corrected chi connectivity index (χ0v) is 19.9. The Hall–Kier alpha value is -4.17. The second-order valence-corrected chi connectivity index (χ2v) is 8.74. The fourth-order valence-corrected chi connectivity index (χ4v) is 4.20. The predicted molar refractivity (Wildman–Crippen MR) is 145 cm³/mol. The second-order valence-electron chi connectivity index (χ2n) is 8.74. The Bertz CT molecular complexity index is 1480. The van der Waals surface area contributed by atoms with E-state index in [0.29, 0.717) is 0 Å². The van der Waals surface area contributed by atoms with Crippen LogP contribution in [0.3, 0.4) is 0 Å². The van der Waals surface area contributed by atoms with E-state index < -0.39 is 0 Å². The summed E-state index contributed by atoms with van der Waals surface area (Å²) in [4.78, 5) is 4.97. The molecule has 0 aliphatic carbocycles. The van der Waals surface area contributed by atoms with Gasteiger partial charge in [-0.1, -0.05) is 96.6 Å². The first-order valence-electron chi connectivity index (χ1n) is 11.7. The summed E-state index contributed by atoms with van der Waals surface area (Å²) in [5, 5.41) is 0. The van der Waals surface area contributed by atoms with Crippen LogP contribution in [-0.2, 0) is 0 Å². The van der Waals surface area contributed by atoms with Crippen LogP contribution in [0.4, 0.5) is 0 Å². The van der Waals surface area contributed by atoms with Crippen molar-refractivity contribution >= 4 is 22.2 Å². The van der Waals surface area contributed by atoms with Gasteiger partial charge in [0.2, 0.25) is 0 Å². The van der Waals surface area contributed by atoms with Gasteiger partial charge < -0.3 is 0 Å². The fourth-order valence-electron chi connectivity index (χ4n) is 4.20. The van der Waals surface area contributed by atoms with Gasteiger partial charge in [0.25, 0.3) is 0 Å². The monoisotopic (exact) mass is 440 g/mol. The Morgan fingerprint density at radius 2 is 1.24 bits per heavy atom. The van der Waals surface area contributed by atoms with Gasteiger partial charge in [0, 0.05) is 11.3 Å². The summed E-state index contributed by atoms with van der Waals surface area (Å²) in [6, 6.07) is 36.2. The maximum atomic E-state index is 4.97. The number of hydrogen-bond acceptors (Lipinski definition) is 1. The van der Waals surface area contributed by atoms with E-state index in [1.807, 2.05) is 12.1 Å². The van der Waals surface area contributed by atoms with Crippen LogP contribution in [0.25, 0.3) is 39.3 Å². The van der Waals surface area contributed by atoms with Gasteiger partial charge in [-0.25, -0.2) is 4.98 Å². The van der Waals surface area contributed by atoms with Gasteiger partial charge in [0.15, 0.2) is 0 Å². The molecular weight excluding hydrogens is 412 g/mol. The first kappa shape index (κ1) is 21.7. The lowest BCUT2D eigenvalue weighted by Gasteiger charge is -2.11. The van der Waals surface area contributed by atoms with Gasteiger partial charge in [-0.05, 0) is 67.3 Å². The highest BCUT2D eigenvalue weighted by Crippen LogP contribution is 2.29. The molecule has 0 spiro atoms. The SMILES string of the molecule is C/C(=C\C=C(/C)c1ccc(-n2c(-c3ccc(C)cc3)nc3ccccc32)cc1)c1ccccc1. The summed E-state index contributed by atoms with van der Waals surface area (Å²) in [7, 11) is 0. The molecule has 1 heterocycles. The van der Waals surface area contributed by atoms with E-state index in [0.717, 1.165) is 28.1 Å². The molecule has 0 aliphatic rings. The molecule has 4 aromatic carbocycles. The summed E-state index contributed by atoms with van der Waals surface area (Å²) >= 11 is 0. The van der Waals surface area contributed by atoms with E-state index in [4.69, 9.17) is 4.98 Å². The lowest BCUT2D eigenvalue weighted by atomic mass is 10.0. The van der Waals surface area contributed by atoms with Crippen molar-refractivity contribution in [2.45, 2.75) is 20.8 Å². The van der Waals surface area contributed by atoms with E-state index in [2.05, 4.69) is 128 Å². The van der Waals surface area contributed by atoms with Crippen LogP contribution in [0, 0.1) is 6.92 Å². The highest BCUT2D eigenvalue weighted by atomic mass is 15.1. The minimum absolute atomic E-state index is 0.961. The third kappa shape index (κ3) is 4.35. The van der Waals surface area contributed by atoms with E-state index in [-0.39, 0.29) is 0 Å². The first-order chi connectivity index (χ1) is 16.6. The molecule has 0 N–H and O–H groups in total. The molecular formula is C32H28N2. The quantitative estimate of drug-likeness (QED) is 0.250. The summed E-state index contributed by atoms with van der Waals surface area (Å²) < 4.78 is 2.25.